The lowest BCUT2D eigenvalue weighted by Gasteiger charge is -2.22. The second-order valence-electron chi connectivity index (χ2n) is 5.05. The lowest BCUT2D eigenvalue weighted by molar-refractivity contribution is 0.359. The van der Waals surface area contributed by atoms with Crippen molar-refractivity contribution < 1.29 is 13.2 Å². The van der Waals surface area contributed by atoms with Gasteiger partial charge in [0.1, 0.15) is 5.82 Å². The highest BCUT2D eigenvalue weighted by Crippen LogP contribution is 2.28. The zero-order chi connectivity index (χ0) is 13.5. The quantitative estimate of drug-likeness (QED) is 0.709. The average Bonchev–Trinajstić information content (AvgIpc) is 2.71. The van der Waals surface area contributed by atoms with Gasteiger partial charge in [-0.1, -0.05) is 0 Å². The zero-order valence-corrected chi connectivity index (χ0v) is 10.3. The van der Waals surface area contributed by atoms with Crippen molar-refractivity contribution in [1.82, 2.24) is 9.78 Å². The highest BCUT2D eigenvalue weighted by atomic mass is 19.2. The van der Waals surface area contributed by atoms with Crippen LogP contribution in [0.1, 0.15) is 20.8 Å². The molecule has 0 aliphatic heterocycles. The van der Waals surface area contributed by atoms with E-state index in [1.165, 1.54) is 6.20 Å². The van der Waals surface area contributed by atoms with Crippen LogP contribution in [-0.4, -0.2) is 9.78 Å². The molecule has 2 rings (SSSR count). The van der Waals surface area contributed by atoms with E-state index in [4.69, 9.17) is 0 Å². The third kappa shape index (κ3) is 2.12. The van der Waals surface area contributed by atoms with E-state index in [1.807, 2.05) is 20.8 Å². The van der Waals surface area contributed by atoms with E-state index in [2.05, 4.69) is 5.10 Å². The molecule has 0 saturated carbocycles. The highest BCUT2D eigenvalue weighted by molar-refractivity contribution is 5.60. The Kier molecular flexibility index (Phi) is 2.92. The van der Waals surface area contributed by atoms with Crippen molar-refractivity contribution in [1.29, 1.82) is 0 Å². The minimum atomic E-state index is -1.20. The molecule has 0 aliphatic carbocycles. The van der Waals surface area contributed by atoms with Crippen LogP contribution in [0.15, 0.2) is 24.4 Å². The minimum absolute atomic E-state index is 0.00123. The molecule has 0 spiro atoms. The smallest absolute Gasteiger partial charge is 0.161 e. The fourth-order valence-electron chi connectivity index (χ4n) is 1.76. The van der Waals surface area contributed by atoms with Gasteiger partial charge in [-0.05, 0) is 32.9 Å². The SMILES string of the molecule is CC(C)(C)n1nccc1-c1cc(F)c(F)cc1F. The van der Waals surface area contributed by atoms with Crippen LogP contribution < -0.4 is 0 Å². The van der Waals surface area contributed by atoms with Crippen LogP contribution in [0, 0.1) is 17.5 Å². The van der Waals surface area contributed by atoms with Gasteiger partial charge in [-0.3, -0.25) is 4.68 Å². The van der Waals surface area contributed by atoms with Crippen molar-refractivity contribution in [3.8, 4) is 11.3 Å². The third-order valence-electron chi connectivity index (χ3n) is 2.56. The summed E-state index contributed by atoms with van der Waals surface area (Å²) in [5.41, 5.74) is 0.0380. The van der Waals surface area contributed by atoms with Crippen LogP contribution in [0.5, 0.6) is 0 Å². The van der Waals surface area contributed by atoms with Crippen LogP contribution in [0.2, 0.25) is 0 Å². The van der Waals surface area contributed by atoms with Crippen LogP contribution in [-0.2, 0) is 5.54 Å². The van der Waals surface area contributed by atoms with E-state index in [0.29, 0.717) is 11.8 Å². The van der Waals surface area contributed by atoms with Gasteiger partial charge in [0.05, 0.1) is 11.2 Å². The van der Waals surface area contributed by atoms with Crippen LogP contribution in [0.25, 0.3) is 11.3 Å². The van der Waals surface area contributed by atoms with E-state index in [0.717, 1.165) is 6.07 Å². The molecule has 2 nitrogen and oxygen atoms in total. The Bertz CT molecular complexity index is 582. The molecule has 0 bridgehead atoms. The number of benzene rings is 1. The summed E-state index contributed by atoms with van der Waals surface area (Å²) in [5, 5.41) is 4.09. The van der Waals surface area contributed by atoms with E-state index in [1.54, 1.807) is 10.7 Å². The number of halogens is 3. The van der Waals surface area contributed by atoms with Gasteiger partial charge in [0.2, 0.25) is 0 Å². The maximum Gasteiger partial charge on any atom is 0.161 e. The normalized spacial score (nSPS) is 11.9. The van der Waals surface area contributed by atoms with Gasteiger partial charge < -0.3 is 0 Å². The van der Waals surface area contributed by atoms with Gasteiger partial charge >= 0.3 is 0 Å². The van der Waals surface area contributed by atoms with Crippen molar-refractivity contribution >= 4 is 0 Å². The van der Waals surface area contributed by atoms with Crippen LogP contribution in [0.3, 0.4) is 0 Å². The summed E-state index contributed by atoms with van der Waals surface area (Å²) in [6.07, 6.45) is 1.50. The predicted molar refractivity (Wildman–Crippen MR) is 62.5 cm³/mol. The molecule has 0 N–H and O–H groups in total. The Morgan fingerprint density at radius 3 is 2.22 bits per heavy atom. The Balaban J connectivity index is 2.64. The summed E-state index contributed by atoms with van der Waals surface area (Å²) in [4.78, 5) is 0. The molecule has 5 heteroatoms. The van der Waals surface area contributed by atoms with E-state index in [9.17, 15) is 13.2 Å². The molecule has 1 heterocycles. The van der Waals surface area contributed by atoms with Gasteiger partial charge in [0, 0.05) is 17.8 Å². The summed E-state index contributed by atoms with van der Waals surface area (Å²) in [7, 11) is 0. The zero-order valence-electron chi connectivity index (χ0n) is 10.3. The number of rotatable bonds is 1. The molecule has 18 heavy (non-hydrogen) atoms. The van der Waals surface area contributed by atoms with Crippen LogP contribution >= 0.6 is 0 Å². The van der Waals surface area contributed by atoms with E-state index >= 15 is 0 Å². The highest BCUT2D eigenvalue weighted by Gasteiger charge is 2.21. The van der Waals surface area contributed by atoms with Gasteiger partial charge in [-0.2, -0.15) is 5.10 Å². The summed E-state index contributed by atoms with van der Waals surface area (Å²) in [6.45, 7) is 5.67. The van der Waals surface area contributed by atoms with Crippen molar-refractivity contribution in [3.05, 3.63) is 41.8 Å². The molecular weight excluding hydrogens is 241 g/mol. The molecule has 0 atom stereocenters. The largest absolute Gasteiger partial charge is 0.260 e. The molecule has 2 aromatic rings. The molecule has 96 valence electrons. The predicted octanol–water partition coefficient (Wildman–Crippen LogP) is 3.72. The fourth-order valence-corrected chi connectivity index (χ4v) is 1.76. The monoisotopic (exact) mass is 254 g/mol. The van der Waals surface area contributed by atoms with Gasteiger partial charge in [0.25, 0.3) is 0 Å². The average molecular weight is 254 g/mol. The molecular formula is C13H13F3N2. The Labute approximate surface area is 103 Å². The van der Waals surface area contributed by atoms with Crippen LogP contribution in [0.4, 0.5) is 13.2 Å². The fraction of sp³-hybridized carbons (Fsp3) is 0.308. The Morgan fingerprint density at radius 2 is 1.61 bits per heavy atom. The number of nitrogens with zero attached hydrogens (tertiary/aromatic N) is 2. The first kappa shape index (κ1) is 12.7. The first-order valence-electron chi connectivity index (χ1n) is 5.50. The number of aromatic nitrogens is 2. The maximum absolute atomic E-state index is 13.7. The van der Waals surface area contributed by atoms with Crippen molar-refractivity contribution in [2.24, 2.45) is 0 Å². The first-order chi connectivity index (χ1) is 8.30. The van der Waals surface area contributed by atoms with Crippen molar-refractivity contribution in [3.63, 3.8) is 0 Å². The lowest BCUT2D eigenvalue weighted by Crippen LogP contribution is -2.24. The second-order valence-corrected chi connectivity index (χ2v) is 5.05. The molecule has 0 unspecified atom stereocenters. The Morgan fingerprint density at radius 1 is 1.00 bits per heavy atom. The van der Waals surface area contributed by atoms with E-state index in [-0.39, 0.29) is 11.1 Å². The molecule has 0 fully saturated rings. The molecule has 0 radical (unpaired) electrons. The molecule has 1 aromatic carbocycles. The van der Waals surface area contributed by atoms with Gasteiger partial charge in [-0.15, -0.1) is 0 Å². The standard InChI is InChI=1S/C13H13F3N2/c1-13(2,3)18-12(4-5-17-18)8-6-10(15)11(16)7-9(8)14/h4-7H,1-3H3. The van der Waals surface area contributed by atoms with Gasteiger partial charge in [-0.25, -0.2) is 13.2 Å². The Hall–Kier alpha value is -1.78. The molecule has 0 amide bonds. The third-order valence-corrected chi connectivity index (χ3v) is 2.56. The van der Waals surface area contributed by atoms with Gasteiger partial charge in [0.15, 0.2) is 11.6 Å². The topological polar surface area (TPSA) is 17.8 Å². The molecule has 0 aliphatic rings. The number of hydrogen-bond donors (Lipinski definition) is 0. The molecule has 0 saturated heterocycles. The van der Waals surface area contributed by atoms with Crippen molar-refractivity contribution in [2.45, 2.75) is 26.3 Å². The first-order valence-corrected chi connectivity index (χ1v) is 5.50. The van der Waals surface area contributed by atoms with Crippen molar-refractivity contribution in [2.75, 3.05) is 0 Å². The second kappa shape index (κ2) is 4.15. The minimum Gasteiger partial charge on any atom is -0.260 e. The number of hydrogen-bond acceptors (Lipinski definition) is 1. The summed E-state index contributed by atoms with van der Waals surface area (Å²) < 4.78 is 41.4. The van der Waals surface area contributed by atoms with E-state index < -0.39 is 17.5 Å². The maximum atomic E-state index is 13.7. The summed E-state index contributed by atoms with van der Waals surface area (Å²) in [6, 6.07) is 2.97. The summed E-state index contributed by atoms with van der Waals surface area (Å²) in [5.74, 6) is -3.08. The summed E-state index contributed by atoms with van der Waals surface area (Å²) >= 11 is 0. The lowest BCUT2D eigenvalue weighted by atomic mass is 10.1. The molecule has 1 aromatic heterocycles.